The number of nitrogens with zero attached hydrogens (tertiary/aromatic N) is 3. The monoisotopic (exact) mass is 279 g/mol. The lowest BCUT2D eigenvalue weighted by Gasteiger charge is -2.07. The third kappa shape index (κ3) is 2.99. The number of rotatable bonds is 3. The van der Waals surface area contributed by atoms with Gasteiger partial charge < -0.3 is 4.52 Å². The molecule has 0 bridgehead atoms. The standard InChI is InChI=1S/C17H17N3O/c1-11-6-14(9-16-8-13(3)21-20-16)10-19-17(11)15-4-5-18-12(2)7-15/h4-8,10H,9H2,1-3H3. The van der Waals surface area contributed by atoms with Gasteiger partial charge in [0.15, 0.2) is 0 Å². The molecular formula is C17H17N3O. The first-order valence-electron chi connectivity index (χ1n) is 6.92. The molecule has 3 aromatic heterocycles. The van der Waals surface area contributed by atoms with Crippen molar-refractivity contribution in [2.75, 3.05) is 0 Å². The first-order chi connectivity index (χ1) is 10.1. The summed E-state index contributed by atoms with van der Waals surface area (Å²) >= 11 is 0. The van der Waals surface area contributed by atoms with E-state index < -0.39 is 0 Å². The zero-order valence-electron chi connectivity index (χ0n) is 12.4. The minimum absolute atomic E-state index is 0.737. The van der Waals surface area contributed by atoms with Crippen molar-refractivity contribution in [1.29, 1.82) is 0 Å². The zero-order valence-corrected chi connectivity index (χ0v) is 12.4. The van der Waals surface area contributed by atoms with Gasteiger partial charge >= 0.3 is 0 Å². The van der Waals surface area contributed by atoms with Crippen LogP contribution in [0.3, 0.4) is 0 Å². The topological polar surface area (TPSA) is 51.8 Å². The van der Waals surface area contributed by atoms with E-state index in [1.54, 1.807) is 0 Å². The maximum absolute atomic E-state index is 5.10. The molecule has 0 aromatic carbocycles. The maximum atomic E-state index is 5.10. The Morgan fingerprint density at radius 1 is 1.05 bits per heavy atom. The molecule has 3 aromatic rings. The summed E-state index contributed by atoms with van der Waals surface area (Å²) in [6.07, 6.45) is 4.46. The fraction of sp³-hybridized carbons (Fsp3) is 0.235. The molecule has 21 heavy (non-hydrogen) atoms. The Hall–Kier alpha value is -2.49. The van der Waals surface area contributed by atoms with Gasteiger partial charge in [-0.1, -0.05) is 11.2 Å². The molecular weight excluding hydrogens is 262 g/mol. The molecule has 0 fully saturated rings. The molecule has 3 rings (SSSR count). The first-order valence-corrected chi connectivity index (χ1v) is 6.92. The van der Waals surface area contributed by atoms with Gasteiger partial charge in [0, 0.05) is 36.1 Å². The second-order valence-corrected chi connectivity index (χ2v) is 5.30. The molecule has 0 aliphatic rings. The van der Waals surface area contributed by atoms with Gasteiger partial charge in [-0.2, -0.15) is 0 Å². The second kappa shape index (κ2) is 5.48. The van der Waals surface area contributed by atoms with Gasteiger partial charge in [0.1, 0.15) is 5.76 Å². The Kier molecular flexibility index (Phi) is 3.52. The minimum Gasteiger partial charge on any atom is -0.361 e. The highest BCUT2D eigenvalue weighted by Gasteiger charge is 2.07. The number of hydrogen-bond donors (Lipinski definition) is 0. The van der Waals surface area contributed by atoms with Crippen LogP contribution in [0.5, 0.6) is 0 Å². The van der Waals surface area contributed by atoms with Gasteiger partial charge in [-0.25, -0.2) is 0 Å². The molecule has 0 N–H and O–H groups in total. The van der Waals surface area contributed by atoms with Gasteiger partial charge in [-0.15, -0.1) is 0 Å². The van der Waals surface area contributed by atoms with E-state index in [1.807, 2.05) is 38.4 Å². The van der Waals surface area contributed by atoms with Crippen LogP contribution in [0.4, 0.5) is 0 Å². The van der Waals surface area contributed by atoms with Crippen molar-refractivity contribution in [2.24, 2.45) is 0 Å². The minimum atomic E-state index is 0.737. The summed E-state index contributed by atoms with van der Waals surface area (Å²) in [7, 11) is 0. The summed E-state index contributed by atoms with van der Waals surface area (Å²) in [5.41, 5.74) is 6.31. The Labute approximate surface area is 123 Å². The number of hydrogen-bond acceptors (Lipinski definition) is 4. The van der Waals surface area contributed by atoms with Gasteiger partial charge in [0.25, 0.3) is 0 Å². The van der Waals surface area contributed by atoms with Crippen LogP contribution in [-0.2, 0) is 6.42 Å². The second-order valence-electron chi connectivity index (χ2n) is 5.30. The van der Waals surface area contributed by atoms with Crippen molar-refractivity contribution in [2.45, 2.75) is 27.2 Å². The number of aryl methyl sites for hydroxylation is 3. The Morgan fingerprint density at radius 3 is 2.57 bits per heavy atom. The molecule has 106 valence electrons. The van der Waals surface area contributed by atoms with Gasteiger partial charge in [0.2, 0.25) is 0 Å². The van der Waals surface area contributed by atoms with Crippen molar-refractivity contribution >= 4 is 0 Å². The number of pyridine rings is 2. The highest BCUT2D eigenvalue weighted by Crippen LogP contribution is 2.22. The first kappa shape index (κ1) is 13.5. The fourth-order valence-electron chi connectivity index (χ4n) is 2.44. The lowest BCUT2D eigenvalue weighted by molar-refractivity contribution is 0.391. The van der Waals surface area contributed by atoms with Crippen LogP contribution in [0.2, 0.25) is 0 Å². The third-order valence-electron chi connectivity index (χ3n) is 3.37. The Morgan fingerprint density at radius 2 is 1.90 bits per heavy atom. The average molecular weight is 279 g/mol. The van der Waals surface area contributed by atoms with Crippen LogP contribution in [0.15, 0.2) is 41.2 Å². The number of aromatic nitrogens is 3. The summed E-state index contributed by atoms with van der Waals surface area (Å²) in [6, 6.07) is 8.15. The predicted molar refractivity (Wildman–Crippen MR) is 81.0 cm³/mol. The smallest absolute Gasteiger partial charge is 0.133 e. The molecule has 0 aliphatic carbocycles. The van der Waals surface area contributed by atoms with Crippen molar-refractivity contribution in [3.05, 3.63) is 64.9 Å². The van der Waals surface area contributed by atoms with Gasteiger partial charge in [0.05, 0.1) is 11.4 Å². The summed E-state index contributed by atoms with van der Waals surface area (Å²) in [5.74, 6) is 0.832. The molecule has 0 atom stereocenters. The van der Waals surface area contributed by atoms with E-state index >= 15 is 0 Å². The molecule has 0 saturated carbocycles. The SMILES string of the molecule is Cc1cc(-c2ncc(Cc3cc(C)on3)cc2C)ccn1. The fourth-order valence-corrected chi connectivity index (χ4v) is 2.44. The van der Waals surface area contributed by atoms with E-state index in [-0.39, 0.29) is 0 Å². The predicted octanol–water partition coefficient (Wildman–Crippen LogP) is 3.65. The summed E-state index contributed by atoms with van der Waals surface area (Å²) in [4.78, 5) is 8.83. The Bertz CT molecular complexity index is 777. The normalized spacial score (nSPS) is 10.8. The van der Waals surface area contributed by atoms with Crippen molar-refractivity contribution < 1.29 is 4.52 Å². The molecule has 4 nitrogen and oxygen atoms in total. The average Bonchev–Trinajstić information content (AvgIpc) is 2.84. The van der Waals surface area contributed by atoms with Crippen molar-refractivity contribution in [3.8, 4) is 11.3 Å². The zero-order chi connectivity index (χ0) is 14.8. The quantitative estimate of drug-likeness (QED) is 0.734. The summed E-state index contributed by atoms with van der Waals surface area (Å²) < 4.78 is 5.10. The Balaban J connectivity index is 1.89. The van der Waals surface area contributed by atoms with Crippen LogP contribution >= 0.6 is 0 Å². The summed E-state index contributed by atoms with van der Waals surface area (Å²) in [5, 5.41) is 4.02. The van der Waals surface area contributed by atoms with Crippen LogP contribution in [0, 0.1) is 20.8 Å². The highest BCUT2D eigenvalue weighted by molar-refractivity contribution is 5.63. The molecule has 0 unspecified atom stereocenters. The van der Waals surface area contributed by atoms with E-state index in [0.717, 1.165) is 46.0 Å². The molecule has 3 heterocycles. The van der Waals surface area contributed by atoms with Gasteiger partial charge in [-0.05, 0) is 44.0 Å². The molecule has 0 spiro atoms. The van der Waals surface area contributed by atoms with Crippen molar-refractivity contribution in [1.82, 2.24) is 15.1 Å². The van der Waals surface area contributed by atoms with Crippen molar-refractivity contribution in [3.63, 3.8) is 0 Å². The van der Waals surface area contributed by atoms with Crippen LogP contribution in [0.1, 0.15) is 28.3 Å². The molecule has 0 amide bonds. The van der Waals surface area contributed by atoms with E-state index in [4.69, 9.17) is 4.52 Å². The largest absolute Gasteiger partial charge is 0.361 e. The van der Waals surface area contributed by atoms with E-state index in [2.05, 4.69) is 34.2 Å². The summed E-state index contributed by atoms with van der Waals surface area (Å²) in [6.45, 7) is 5.96. The maximum Gasteiger partial charge on any atom is 0.133 e. The van der Waals surface area contributed by atoms with E-state index in [9.17, 15) is 0 Å². The van der Waals surface area contributed by atoms with E-state index in [0.29, 0.717) is 0 Å². The molecule has 0 radical (unpaired) electrons. The molecule has 0 aliphatic heterocycles. The highest BCUT2D eigenvalue weighted by atomic mass is 16.5. The third-order valence-corrected chi connectivity index (χ3v) is 3.37. The lowest BCUT2D eigenvalue weighted by Crippen LogP contribution is -1.95. The van der Waals surface area contributed by atoms with Crippen LogP contribution in [-0.4, -0.2) is 15.1 Å². The molecule has 0 saturated heterocycles. The van der Waals surface area contributed by atoms with Crippen LogP contribution in [0.25, 0.3) is 11.3 Å². The lowest BCUT2D eigenvalue weighted by atomic mass is 10.0. The van der Waals surface area contributed by atoms with Crippen LogP contribution < -0.4 is 0 Å². The molecule has 4 heteroatoms. The van der Waals surface area contributed by atoms with Gasteiger partial charge in [-0.3, -0.25) is 9.97 Å². The van der Waals surface area contributed by atoms with E-state index in [1.165, 1.54) is 0 Å².